The Kier molecular flexibility index (Phi) is 25.5. The van der Waals surface area contributed by atoms with Crippen LogP contribution in [-0.2, 0) is 13.9 Å². The van der Waals surface area contributed by atoms with E-state index in [-0.39, 0.29) is 121 Å². The number of phosphoric acid groups is 1. The van der Waals surface area contributed by atoms with Crippen LogP contribution in [0, 0.1) is 5.82 Å². The van der Waals surface area contributed by atoms with Crippen LogP contribution in [0.4, 0.5) is 33.5 Å². The van der Waals surface area contributed by atoms with E-state index in [1.54, 1.807) is 12.1 Å². The van der Waals surface area contributed by atoms with E-state index in [0.29, 0.717) is 22.9 Å². The van der Waals surface area contributed by atoms with Crippen molar-refractivity contribution in [2.24, 2.45) is 0 Å². The van der Waals surface area contributed by atoms with Crippen molar-refractivity contribution >= 4 is 102 Å². The summed E-state index contributed by atoms with van der Waals surface area (Å²) in [5, 5.41) is 5.64. The van der Waals surface area contributed by atoms with Crippen LogP contribution in [0.5, 0.6) is 23.0 Å². The van der Waals surface area contributed by atoms with Crippen molar-refractivity contribution in [3.05, 3.63) is 36.3 Å². The third-order valence-corrected chi connectivity index (χ3v) is 5.94. The van der Waals surface area contributed by atoms with Gasteiger partial charge in [0.25, 0.3) is 5.91 Å². The van der Waals surface area contributed by atoms with Gasteiger partial charge in [0.15, 0.2) is 40.3 Å². The van der Waals surface area contributed by atoms with Gasteiger partial charge in [-0.2, -0.15) is 4.98 Å². The number of anilines is 5. The van der Waals surface area contributed by atoms with Crippen molar-refractivity contribution in [2.75, 3.05) is 43.6 Å². The molecule has 21 nitrogen and oxygen atoms in total. The third kappa shape index (κ3) is 12.8. The minimum absolute atomic E-state index is 0. The number of benzene rings is 1. The number of phosphoric ester groups is 1. The van der Waals surface area contributed by atoms with Gasteiger partial charge in [0.2, 0.25) is 11.7 Å². The summed E-state index contributed by atoms with van der Waals surface area (Å²) >= 11 is 0. The molecule has 1 aliphatic rings. The second-order valence-electron chi connectivity index (χ2n) is 8.67. The first-order valence-corrected chi connectivity index (χ1v) is 13.0. The molecular weight excluding hydrogens is 696 g/mol. The van der Waals surface area contributed by atoms with Crippen LogP contribution in [0.2, 0.25) is 0 Å². The van der Waals surface area contributed by atoms with Gasteiger partial charge in [-0.25, -0.2) is 18.9 Å². The SMILES string of the molecule is COc1cc(Nc2ncc(F)c(Nc3ccc4c(n3)N(COP(=O)(O)O)C(=O)C(C)(C)O4)n2)cc(OC)c1OC.O.O.O.O.O.O.[Na].[Na]. The van der Waals surface area contributed by atoms with Crippen LogP contribution < -0.4 is 34.5 Å². The van der Waals surface area contributed by atoms with Gasteiger partial charge in [0.05, 0.1) is 27.5 Å². The molecule has 0 saturated heterocycles. The van der Waals surface area contributed by atoms with Gasteiger partial charge in [-0.15, -0.1) is 0 Å². The number of aromatic nitrogens is 3. The number of carbonyl (C=O) groups is 1. The van der Waals surface area contributed by atoms with Crippen molar-refractivity contribution in [2.45, 2.75) is 19.4 Å². The molecule has 0 fully saturated rings. The monoisotopic (exact) mass is 734 g/mol. The van der Waals surface area contributed by atoms with E-state index in [4.69, 9.17) is 28.7 Å². The fourth-order valence-corrected chi connectivity index (χ4v) is 3.96. The Morgan fingerprint density at radius 3 is 2.00 bits per heavy atom. The largest absolute Gasteiger partial charge is 0.493 e. The number of rotatable bonds is 10. The zero-order chi connectivity index (χ0) is 29.2. The summed E-state index contributed by atoms with van der Waals surface area (Å²) in [6, 6.07) is 6.12. The van der Waals surface area contributed by atoms with E-state index in [2.05, 4.69) is 30.1 Å². The zero-order valence-electron chi connectivity index (χ0n) is 27.0. The molecule has 1 amide bonds. The topological polar surface area (TPSA) is 376 Å². The molecule has 48 heavy (non-hydrogen) atoms. The quantitative estimate of drug-likeness (QED) is 0.122. The minimum Gasteiger partial charge on any atom is -0.493 e. The molecule has 1 aliphatic heterocycles. The maximum atomic E-state index is 14.7. The van der Waals surface area contributed by atoms with Crippen molar-refractivity contribution in [1.82, 2.24) is 15.0 Å². The predicted molar refractivity (Wildman–Crippen MR) is 172 cm³/mol. The minimum atomic E-state index is -4.91. The van der Waals surface area contributed by atoms with Gasteiger partial charge in [0, 0.05) is 76.9 Å². The predicted octanol–water partition coefficient (Wildman–Crippen LogP) is -2.62. The average molecular weight is 735 g/mol. The van der Waals surface area contributed by atoms with E-state index in [0.717, 1.165) is 11.1 Å². The molecule has 16 N–H and O–H groups in total. The van der Waals surface area contributed by atoms with Crippen LogP contribution in [0.3, 0.4) is 0 Å². The molecule has 0 aliphatic carbocycles. The summed E-state index contributed by atoms with van der Waals surface area (Å²) in [6.45, 7) is 2.16. The number of hydrogen-bond donors (Lipinski definition) is 4. The molecule has 0 spiro atoms. The number of carbonyl (C=O) groups excluding carboxylic acids is 1. The van der Waals surface area contributed by atoms with Crippen LogP contribution in [0.1, 0.15) is 13.8 Å². The standard InChI is InChI=1S/C23H26FN6O9P.2Na.6H2O/c1-23(2)21(31)30(11-38-40(32,33)34)20-14(39-23)6-7-17(28-20)27-19-13(24)10-25-22(29-19)26-12-8-15(35-3)18(37-5)16(9-12)36-4;;;;;;;;/h6-10H,11H2,1-5H3,(H2,32,33,34)(H2,25,26,27,28,29);;;6*1H2. The maximum absolute atomic E-state index is 14.7. The van der Waals surface area contributed by atoms with Gasteiger partial charge >= 0.3 is 7.82 Å². The second-order valence-corrected chi connectivity index (χ2v) is 9.91. The van der Waals surface area contributed by atoms with Gasteiger partial charge in [-0.05, 0) is 26.0 Å². The fourth-order valence-electron chi connectivity index (χ4n) is 3.69. The van der Waals surface area contributed by atoms with E-state index in [1.165, 1.54) is 47.3 Å². The Balaban J connectivity index is -0.000000770. The summed E-state index contributed by atoms with van der Waals surface area (Å²) in [5.41, 5.74) is -0.911. The summed E-state index contributed by atoms with van der Waals surface area (Å²) in [5.74, 6) is -0.550. The van der Waals surface area contributed by atoms with E-state index >= 15 is 0 Å². The Hall–Kier alpha value is -2.48. The molecule has 3 heterocycles. The number of nitrogens with zero attached hydrogens (tertiary/aromatic N) is 4. The molecule has 2 radical (unpaired) electrons. The van der Waals surface area contributed by atoms with E-state index < -0.39 is 31.9 Å². The van der Waals surface area contributed by atoms with Crippen molar-refractivity contribution in [3.63, 3.8) is 0 Å². The number of methoxy groups -OCH3 is 3. The smallest absolute Gasteiger partial charge is 0.471 e. The van der Waals surface area contributed by atoms with Crippen molar-refractivity contribution < 1.29 is 79.9 Å². The number of amides is 1. The van der Waals surface area contributed by atoms with Crippen LogP contribution >= 0.6 is 7.82 Å². The number of nitrogens with one attached hydrogen (secondary N) is 2. The molecule has 264 valence electrons. The molecule has 0 atom stereocenters. The molecule has 3 aromatic rings. The number of fused-ring (bicyclic) bond motifs is 1. The first-order chi connectivity index (χ1) is 18.8. The molecule has 0 saturated carbocycles. The molecule has 4 rings (SSSR count). The Morgan fingerprint density at radius 1 is 0.938 bits per heavy atom. The summed E-state index contributed by atoms with van der Waals surface area (Å²) < 4.78 is 52.1. The number of pyridine rings is 1. The van der Waals surface area contributed by atoms with Crippen LogP contribution in [0.25, 0.3) is 0 Å². The molecule has 2 aromatic heterocycles. The second kappa shape index (κ2) is 22.3. The first-order valence-electron chi connectivity index (χ1n) is 11.4. The van der Waals surface area contributed by atoms with Gasteiger partial charge in [0.1, 0.15) is 12.5 Å². The Morgan fingerprint density at radius 2 is 1.50 bits per heavy atom. The van der Waals surface area contributed by atoms with Crippen LogP contribution in [0.15, 0.2) is 30.5 Å². The van der Waals surface area contributed by atoms with E-state index in [1.807, 2.05) is 0 Å². The fraction of sp³-hybridized carbons (Fsp3) is 0.304. The summed E-state index contributed by atoms with van der Waals surface area (Å²) in [4.78, 5) is 44.4. The molecule has 25 heteroatoms. The maximum Gasteiger partial charge on any atom is 0.471 e. The molecular formula is C23H38FN6Na2O15P. The Bertz CT molecular complexity index is 1480. The number of halogens is 1. The van der Waals surface area contributed by atoms with Gasteiger partial charge in [-0.1, -0.05) is 0 Å². The Labute approximate surface area is 317 Å². The number of ether oxygens (including phenoxy) is 4. The number of hydrogen-bond acceptors (Lipinski definition) is 12. The van der Waals surface area contributed by atoms with E-state index in [9.17, 15) is 13.8 Å². The van der Waals surface area contributed by atoms with Crippen molar-refractivity contribution in [3.8, 4) is 23.0 Å². The summed E-state index contributed by atoms with van der Waals surface area (Å²) in [7, 11) is -0.521. The van der Waals surface area contributed by atoms with Crippen LogP contribution in [-0.4, -0.2) is 156 Å². The van der Waals surface area contributed by atoms with Gasteiger partial charge < -0.3 is 72.2 Å². The summed E-state index contributed by atoms with van der Waals surface area (Å²) in [6.07, 6.45) is 0.934. The molecule has 0 unspecified atom stereocenters. The first kappa shape index (κ1) is 55.0. The molecule has 1 aromatic carbocycles. The normalized spacial score (nSPS) is 11.8. The molecule has 0 bridgehead atoms. The third-order valence-electron chi connectivity index (χ3n) is 5.49. The van der Waals surface area contributed by atoms with Gasteiger partial charge in [-0.3, -0.25) is 14.2 Å². The average Bonchev–Trinajstić information content (AvgIpc) is 2.89. The zero-order valence-corrected chi connectivity index (χ0v) is 31.9. The van der Waals surface area contributed by atoms with Crippen molar-refractivity contribution in [1.29, 1.82) is 0 Å².